The van der Waals surface area contributed by atoms with Crippen LogP contribution in [0.4, 0.5) is 4.39 Å². The number of fused-ring (bicyclic) bond motifs is 1. The van der Waals surface area contributed by atoms with Gasteiger partial charge in [0.05, 0.1) is 4.91 Å². The number of nitrogens with zero attached hydrogens (tertiary/aromatic N) is 1. The smallest absolute Gasteiger partial charge is 0.207 e. The van der Waals surface area contributed by atoms with Gasteiger partial charge in [-0.1, -0.05) is 42.5 Å². The summed E-state index contributed by atoms with van der Waals surface area (Å²) in [5.41, 5.74) is 2.57. The van der Waals surface area contributed by atoms with Crippen LogP contribution in [-0.2, 0) is 23.0 Å². The van der Waals surface area contributed by atoms with Crippen molar-refractivity contribution in [3.8, 4) is 0 Å². The van der Waals surface area contributed by atoms with Gasteiger partial charge < -0.3 is 0 Å². The minimum absolute atomic E-state index is 0.0114. The Morgan fingerprint density at radius 1 is 1.00 bits per heavy atom. The normalized spacial score (nSPS) is 17.3. The molecular weight excluding hydrogens is 337 g/mol. The zero-order chi connectivity index (χ0) is 17.4. The first-order valence-electron chi connectivity index (χ1n) is 8.59. The Hall–Kier alpha value is -1.98. The van der Waals surface area contributed by atoms with E-state index in [1.165, 1.54) is 15.9 Å². The molecule has 0 radical (unpaired) electrons. The second-order valence-corrected chi connectivity index (χ2v) is 8.63. The second-order valence-electron chi connectivity index (χ2n) is 6.68. The molecule has 25 heavy (non-hydrogen) atoms. The summed E-state index contributed by atoms with van der Waals surface area (Å²) in [6.45, 7) is 0.0959. The second kappa shape index (κ2) is 6.39. The molecular formula is C20H20FNO2S. The van der Waals surface area contributed by atoms with Crippen LogP contribution in [0.25, 0.3) is 6.08 Å². The monoisotopic (exact) mass is 357 g/mol. The molecule has 2 aromatic rings. The van der Waals surface area contributed by atoms with E-state index in [2.05, 4.69) is 0 Å². The van der Waals surface area contributed by atoms with Gasteiger partial charge in [-0.3, -0.25) is 0 Å². The highest BCUT2D eigenvalue weighted by Gasteiger charge is 2.39. The number of aryl methyl sites for hydroxylation is 1. The third-order valence-corrected chi connectivity index (χ3v) is 6.92. The number of sulfonamides is 1. The first-order valence-corrected chi connectivity index (χ1v) is 10.0. The predicted molar refractivity (Wildman–Crippen MR) is 96.6 cm³/mol. The van der Waals surface area contributed by atoms with Gasteiger partial charge in [-0.25, -0.2) is 12.8 Å². The maximum Gasteiger partial charge on any atom is 0.239 e. The molecule has 3 nitrogen and oxygen atoms in total. The molecule has 0 unspecified atom stereocenters. The van der Waals surface area contributed by atoms with E-state index in [1.807, 2.05) is 24.3 Å². The van der Waals surface area contributed by atoms with Crippen LogP contribution < -0.4 is 0 Å². The first kappa shape index (κ1) is 16.5. The number of hydrogen-bond donors (Lipinski definition) is 0. The van der Waals surface area contributed by atoms with Crippen LogP contribution in [-0.4, -0.2) is 18.8 Å². The van der Waals surface area contributed by atoms with Gasteiger partial charge in [0.2, 0.25) is 10.0 Å². The lowest BCUT2D eigenvalue weighted by molar-refractivity contribution is 0.395. The van der Waals surface area contributed by atoms with Crippen molar-refractivity contribution in [1.82, 2.24) is 4.31 Å². The van der Waals surface area contributed by atoms with Crippen LogP contribution in [0.3, 0.4) is 0 Å². The summed E-state index contributed by atoms with van der Waals surface area (Å²) in [5, 5.41) is 0. The van der Waals surface area contributed by atoms with Crippen LogP contribution in [0, 0.1) is 5.82 Å². The molecule has 1 saturated carbocycles. The van der Waals surface area contributed by atoms with Crippen molar-refractivity contribution >= 4 is 16.1 Å². The Kier molecular flexibility index (Phi) is 4.21. The highest BCUT2D eigenvalue weighted by Crippen LogP contribution is 2.36. The molecule has 130 valence electrons. The molecule has 1 fully saturated rings. The van der Waals surface area contributed by atoms with E-state index in [0.29, 0.717) is 16.9 Å². The topological polar surface area (TPSA) is 37.4 Å². The number of allylic oxidation sites excluding steroid dienone is 1. The van der Waals surface area contributed by atoms with E-state index in [0.717, 1.165) is 24.8 Å². The Morgan fingerprint density at radius 2 is 1.72 bits per heavy atom. The van der Waals surface area contributed by atoms with Gasteiger partial charge in [-0.05, 0) is 49.0 Å². The summed E-state index contributed by atoms with van der Waals surface area (Å²) in [6, 6.07) is 14.3. The molecule has 2 aliphatic rings. The van der Waals surface area contributed by atoms with E-state index < -0.39 is 10.0 Å². The standard InChI is InChI=1S/C20H20FNO2S/c21-20-8-4-3-7-17(20)14-22(18-10-11-18)25(23,24)19-12-9-15-5-1-2-6-16(15)13-19/h1-8,13,18H,9-12,14H2. The van der Waals surface area contributed by atoms with E-state index in [1.54, 1.807) is 24.3 Å². The Balaban J connectivity index is 1.68. The molecule has 0 amide bonds. The lowest BCUT2D eigenvalue weighted by atomic mass is 9.98. The number of hydrogen-bond acceptors (Lipinski definition) is 2. The van der Waals surface area contributed by atoms with E-state index >= 15 is 0 Å². The number of halogens is 1. The summed E-state index contributed by atoms with van der Waals surface area (Å²) in [5.74, 6) is -0.355. The fraction of sp³-hybridized carbons (Fsp3) is 0.300. The van der Waals surface area contributed by atoms with Crippen molar-refractivity contribution in [2.45, 2.75) is 38.3 Å². The van der Waals surface area contributed by atoms with Crippen molar-refractivity contribution < 1.29 is 12.8 Å². The quantitative estimate of drug-likeness (QED) is 0.808. The molecule has 0 saturated heterocycles. The van der Waals surface area contributed by atoms with Gasteiger partial charge in [-0.2, -0.15) is 4.31 Å². The highest BCUT2D eigenvalue weighted by atomic mass is 32.2. The minimum atomic E-state index is -3.59. The zero-order valence-electron chi connectivity index (χ0n) is 13.9. The summed E-state index contributed by atoms with van der Waals surface area (Å²) >= 11 is 0. The predicted octanol–water partition coefficient (Wildman–Crippen LogP) is 4.11. The van der Waals surface area contributed by atoms with Gasteiger partial charge in [0, 0.05) is 18.2 Å². The summed E-state index contributed by atoms with van der Waals surface area (Å²) < 4.78 is 42.0. The van der Waals surface area contributed by atoms with Crippen molar-refractivity contribution in [3.05, 3.63) is 75.9 Å². The average molecular weight is 357 g/mol. The van der Waals surface area contributed by atoms with Gasteiger partial charge in [-0.15, -0.1) is 0 Å². The van der Waals surface area contributed by atoms with Gasteiger partial charge in [0.15, 0.2) is 0 Å². The summed E-state index contributed by atoms with van der Waals surface area (Å²) in [6.07, 6.45) is 4.69. The van der Waals surface area contributed by atoms with E-state index in [9.17, 15) is 12.8 Å². The molecule has 0 aromatic heterocycles. The lowest BCUT2D eigenvalue weighted by Crippen LogP contribution is -2.34. The van der Waals surface area contributed by atoms with E-state index in [-0.39, 0.29) is 18.4 Å². The summed E-state index contributed by atoms with van der Waals surface area (Å²) in [4.78, 5) is 0.439. The third kappa shape index (κ3) is 3.26. The van der Waals surface area contributed by atoms with Crippen molar-refractivity contribution in [1.29, 1.82) is 0 Å². The molecule has 2 aromatic carbocycles. The molecule has 0 spiro atoms. The Bertz CT molecular complexity index is 932. The molecule has 5 heteroatoms. The molecule has 0 N–H and O–H groups in total. The fourth-order valence-electron chi connectivity index (χ4n) is 3.33. The van der Waals surface area contributed by atoms with Crippen LogP contribution >= 0.6 is 0 Å². The minimum Gasteiger partial charge on any atom is -0.207 e. The maximum atomic E-state index is 14.0. The molecule has 0 heterocycles. The van der Waals surface area contributed by atoms with Gasteiger partial charge >= 0.3 is 0 Å². The molecule has 0 bridgehead atoms. The summed E-state index contributed by atoms with van der Waals surface area (Å²) in [7, 11) is -3.59. The Labute approximate surface area is 147 Å². The van der Waals surface area contributed by atoms with Crippen molar-refractivity contribution in [2.24, 2.45) is 0 Å². The zero-order valence-corrected chi connectivity index (χ0v) is 14.7. The van der Waals surface area contributed by atoms with Crippen molar-refractivity contribution in [3.63, 3.8) is 0 Å². The van der Waals surface area contributed by atoms with Crippen molar-refractivity contribution in [2.75, 3.05) is 0 Å². The van der Waals surface area contributed by atoms with Gasteiger partial charge in [0.25, 0.3) is 0 Å². The molecule has 0 atom stereocenters. The number of rotatable bonds is 5. The fourth-order valence-corrected chi connectivity index (χ4v) is 5.18. The highest BCUT2D eigenvalue weighted by molar-refractivity contribution is 7.93. The first-order chi connectivity index (χ1) is 12.1. The molecule has 0 aliphatic heterocycles. The lowest BCUT2D eigenvalue weighted by Gasteiger charge is -2.26. The van der Waals surface area contributed by atoms with E-state index in [4.69, 9.17) is 0 Å². The SMILES string of the molecule is O=S(=O)(C1=Cc2ccccc2CC1)N(Cc1ccccc1F)C1CC1. The average Bonchev–Trinajstić information content (AvgIpc) is 3.45. The molecule has 4 rings (SSSR count). The largest absolute Gasteiger partial charge is 0.239 e. The van der Waals surface area contributed by atoms with Crippen LogP contribution in [0.1, 0.15) is 36.0 Å². The Morgan fingerprint density at radius 3 is 2.48 bits per heavy atom. The maximum absolute atomic E-state index is 14.0. The van der Waals surface area contributed by atoms with Crippen LogP contribution in [0.15, 0.2) is 53.4 Å². The van der Waals surface area contributed by atoms with Crippen LogP contribution in [0.5, 0.6) is 0 Å². The third-order valence-electron chi connectivity index (χ3n) is 4.89. The molecule has 2 aliphatic carbocycles. The van der Waals surface area contributed by atoms with Gasteiger partial charge in [0.1, 0.15) is 5.82 Å². The number of benzene rings is 2. The van der Waals surface area contributed by atoms with Crippen LogP contribution in [0.2, 0.25) is 0 Å².